The fourth-order valence-electron chi connectivity index (χ4n) is 1.70. The molecule has 0 aliphatic heterocycles. The Balaban J connectivity index is 0.000000454. The predicted octanol–water partition coefficient (Wildman–Crippen LogP) is 5.40. The van der Waals surface area contributed by atoms with Crippen LogP contribution in [0.15, 0.2) is 48.5 Å². The van der Waals surface area contributed by atoms with Gasteiger partial charge in [0.05, 0.1) is 0 Å². The van der Waals surface area contributed by atoms with E-state index < -0.39 is 0 Å². The molecule has 0 amide bonds. The van der Waals surface area contributed by atoms with Crippen LogP contribution in [-0.4, -0.2) is 0 Å². The maximum absolute atomic E-state index is 2.33. The van der Waals surface area contributed by atoms with Crippen molar-refractivity contribution >= 4 is 0 Å². The molecule has 1 heteroatoms. The smallest absolute Gasteiger partial charge is 0.214 e. The summed E-state index contributed by atoms with van der Waals surface area (Å²) < 4.78 is 0. The maximum Gasteiger partial charge on any atom is 2.00 e. The molecule has 0 bridgehead atoms. The van der Waals surface area contributed by atoms with Crippen molar-refractivity contribution in [2.75, 3.05) is 0 Å². The molecule has 2 aromatic rings. The van der Waals surface area contributed by atoms with E-state index in [-0.39, 0.29) is 27.9 Å². The third-order valence-corrected chi connectivity index (χ3v) is 3.04. The molecule has 0 nitrogen and oxygen atoms in total. The molecule has 0 saturated heterocycles. The second kappa shape index (κ2) is 7.12. The van der Waals surface area contributed by atoms with Gasteiger partial charge in [-0.05, 0) is 0 Å². The van der Waals surface area contributed by atoms with E-state index in [4.69, 9.17) is 0 Å². The maximum atomic E-state index is 2.33. The summed E-state index contributed by atoms with van der Waals surface area (Å²) in [4.78, 5) is 0. The Labute approximate surface area is 129 Å². The Hall–Kier alpha value is -0.781. The fourth-order valence-corrected chi connectivity index (χ4v) is 1.70. The minimum Gasteiger partial charge on any atom is -0.214 e. The van der Waals surface area contributed by atoms with Crippen LogP contribution in [0.25, 0.3) is 0 Å². The van der Waals surface area contributed by atoms with Gasteiger partial charge < -0.3 is 0 Å². The van der Waals surface area contributed by atoms with Gasteiger partial charge in [-0.15, -0.1) is 0 Å². The topological polar surface area (TPSA) is 0 Å². The zero-order valence-corrected chi connectivity index (χ0v) is 14.1. The SMILES string of the molecule is CC(C)(C)c1cc[c-](C(C)(C)C)c1.[Fe+2].c1cc[cH-]c1. The van der Waals surface area contributed by atoms with Crippen LogP contribution in [-0.2, 0) is 27.9 Å². The van der Waals surface area contributed by atoms with Crippen molar-refractivity contribution in [3.8, 4) is 0 Å². The van der Waals surface area contributed by atoms with E-state index >= 15 is 0 Å². The Kier molecular flexibility index (Phi) is 6.83. The van der Waals surface area contributed by atoms with Crippen LogP contribution in [0.2, 0.25) is 0 Å². The van der Waals surface area contributed by atoms with E-state index in [0.29, 0.717) is 0 Å². The summed E-state index contributed by atoms with van der Waals surface area (Å²) in [5.41, 5.74) is 3.45. The second-order valence-electron chi connectivity index (χ2n) is 6.85. The first kappa shape index (κ1) is 18.2. The van der Waals surface area contributed by atoms with Gasteiger partial charge in [0.1, 0.15) is 0 Å². The molecule has 0 aromatic heterocycles. The molecule has 0 N–H and O–H groups in total. The van der Waals surface area contributed by atoms with Gasteiger partial charge in [-0.25, -0.2) is 18.2 Å². The van der Waals surface area contributed by atoms with Crippen molar-refractivity contribution in [1.82, 2.24) is 0 Å². The van der Waals surface area contributed by atoms with Crippen LogP contribution >= 0.6 is 0 Å². The zero-order chi connectivity index (χ0) is 13.8. The van der Waals surface area contributed by atoms with Crippen molar-refractivity contribution in [3.05, 3.63) is 59.7 Å². The average Bonchev–Trinajstić information content (AvgIpc) is 2.91. The molecule has 2 aromatic carbocycles. The number of hydrogen-bond acceptors (Lipinski definition) is 0. The summed E-state index contributed by atoms with van der Waals surface area (Å²) in [5, 5.41) is 0. The fraction of sp³-hybridized carbons (Fsp3) is 0.444. The van der Waals surface area contributed by atoms with Gasteiger partial charge in [0.15, 0.2) is 0 Å². The summed E-state index contributed by atoms with van der Waals surface area (Å²) in [6, 6.07) is 16.8. The Bertz CT molecular complexity index is 387. The Morgan fingerprint density at radius 3 is 1.68 bits per heavy atom. The molecule has 0 spiro atoms. The van der Waals surface area contributed by atoms with Crippen LogP contribution < -0.4 is 0 Å². The molecule has 0 fully saturated rings. The van der Waals surface area contributed by atoms with Crippen LogP contribution in [0.5, 0.6) is 0 Å². The molecule has 0 heterocycles. The molecule has 0 unspecified atom stereocenters. The van der Waals surface area contributed by atoms with Crippen LogP contribution in [0.3, 0.4) is 0 Å². The third kappa shape index (κ3) is 6.27. The van der Waals surface area contributed by atoms with Gasteiger partial charge in [0.25, 0.3) is 0 Å². The first-order chi connectivity index (χ1) is 8.21. The van der Waals surface area contributed by atoms with E-state index in [9.17, 15) is 0 Å². The van der Waals surface area contributed by atoms with E-state index in [0.717, 1.165) is 0 Å². The molecule has 0 aliphatic carbocycles. The van der Waals surface area contributed by atoms with E-state index in [1.807, 2.05) is 30.3 Å². The van der Waals surface area contributed by atoms with Crippen molar-refractivity contribution in [1.29, 1.82) is 0 Å². The first-order valence-corrected chi connectivity index (χ1v) is 6.65. The third-order valence-electron chi connectivity index (χ3n) is 3.04. The molecule has 19 heavy (non-hydrogen) atoms. The Morgan fingerprint density at radius 1 is 0.947 bits per heavy atom. The Morgan fingerprint density at radius 2 is 1.47 bits per heavy atom. The van der Waals surface area contributed by atoms with Crippen LogP contribution in [0.1, 0.15) is 52.7 Å². The van der Waals surface area contributed by atoms with Crippen molar-refractivity contribution in [2.45, 2.75) is 52.4 Å². The monoisotopic (exact) mass is 298 g/mol. The van der Waals surface area contributed by atoms with Gasteiger partial charge in [0.2, 0.25) is 0 Å². The quantitative estimate of drug-likeness (QED) is 0.451. The molecular weight excluding hydrogens is 272 g/mol. The summed E-state index contributed by atoms with van der Waals surface area (Å²) in [7, 11) is 0. The molecule has 0 saturated carbocycles. The average molecular weight is 298 g/mol. The molecule has 0 radical (unpaired) electrons. The molecular formula is C18H26Fe. The van der Waals surface area contributed by atoms with Gasteiger partial charge in [-0.3, -0.25) is 0 Å². The predicted molar refractivity (Wildman–Crippen MR) is 81.5 cm³/mol. The minimum atomic E-state index is 0. The van der Waals surface area contributed by atoms with Crippen molar-refractivity contribution in [3.63, 3.8) is 0 Å². The molecule has 2 rings (SSSR count). The van der Waals surface area contributed by atoms with Gasteiger partial charge in [0, 0.05) is 0 Å². The summed E-state index contributed by atoms with van der Waals surface area (Å²) in [6.45, 7) is 13.6. The van der Waals surface area contributed by atoms with Crippen LogP contribution in [0, 0.1) is 0 Å². The van der Waals surface area contributed by atoms with Crippen LogP contribution in [0.4, 0.5) is 0 Å². The summed E-state index contributed by atoms with van der Waals surface area (Å²) in [5.74, 6) is 0. The van der Waals surface area contributed by atoms with E-state index in [1.54, 1.807) is 0 Å². The van der Waals surface area contributed by atoms with Gasteiger partial charge in [-0.1, -0.05) is 52.4 Å². The van der Waals surface area contributed by atoms with Gasteiger partial charge >= 0.3 is 17.1 Å². The van der Waals surface area contributed by atoms with Crippen molar-refractivity contribution in [2.24, 2.45) is 0 Å². The molecule has 106 valence electrons. The number of rotatable bonds is 0. The van der Waals surface area contributed by atoms with E-state index in [1.165, 1.54) is 11.1 Å². The standard InChI is InChI=1S/C13H21.C5H5.Fe/c1-12(2,3)10-7-8-11(9-10)13(4,5)6;1-2-4-5-3-1;/h7-9H,1-6H3;1-5H;/q2*-1;+2. The van der Waals surface area contributed by atoms with Gasteiger partial charge in [-0.2, -0.15) is 41.5 Å². The second-order valence-corrected chi connectivity index (χ2v) is 6.85. The van der Waals surface area contributed by atoms with Crippen molar-refractivity contribution < 1.29 is 17.1 Å². The zero-order valence-electron chi connectivity index (χ0n) is 13.0. The normalized spacial score (nSPS) is 11.3. The summed E-state index contributed by atoms with van der Waals surface area (Å²) in [6.07, 6.45) is 0. The first-order valence-electron chi connectivity index (χ1n) is 6.65. The largest absolute Gasteiger partial charge is 2.00 e. The molecule has 0 atom stereocenters. The number of hydrogen-bond donors (Lipinski definition) is 0. The minimum absolute atomic E-state index is 0. The van der Waals surface area contributed by atoms with E-state index in [2.05, 4.69) is 59.7 Å². The summed E-state index contributed by atoms with van der Waals surface area (Å²) >= 11 is 0. The molecule has 0 aliphatic rings.